The van der Waals surface area contributed by atoms with Gasteiger partial charge in [0.2, 0.25) is 0 Å². The highest BCUT2D eigenvalue weighted by atomic mass is 35.5. The summed E-state index contributed by atoms with van der Waals surface area (Å²) in [5, 5.41) is 16.6. The number of hydrogen-bond donors (Lipinski definition) is 3. The van der Waals surface area contributed by atoms with Crippen molar-refractivity contribution in [3.8, 4) is 0 Å². The Morgan fingerprint density at radius 2 is 2.10 bits per heavy atom. The zero-order valence-corrected chi connectivity index (χ0v) is 17.8. The zero-order chi connectivity index (χ0) is 21.9. The van der Waals surface area contributed by atoms with Crippen molar-refractivity contribution in [2.24, 2.45) is 18.9 Å². The van der Waals surface area contributed by atoms with Crippen LogP contribution < -0.4 is 10.6 Å². The SMILES string of the molecule is Cn1cnc(C2CC3CC(O)(C(=O)NC4CC4)C3C2)c1C(=O)Nc1ccc(F)c(Cl)c1. The Morgan fingerprint density at radius 3 is 2.81 bits per heavy atom. The fraction of sp³-hybridized carbons (Fsp3) is 0.500. The summed E-state index contributed by atoms with van der Waals surface area (Å²) in [4.78, 5) is 30.0. The lowest BCUT2D eigenvalue weighted by atomic mass is 9.62. The molecule has 0 aliphatic heterocycles. The molecular weight excluding hydrogens is 423 g/mol. The third-order valence-corrected chi connectivity index (χ3v) is 7.22. The Morgan fingerprint density at radius 1 is 1.32 bits per heavy atom. The first-order valence-electron chi connectivity index (χ1n) is 10.6. The number of carbonyl (C=O) groups excluding carboxylic acids is 2. The number of carbonyl (C=O) groups is 2. The molecule has 164 valence electrons. The minimum Gasteiger partial charge on any atom is -0.380 e. The van der Waals surface area contributed by atoms with E-state index in [1.165, 1.54) is 18.2 Å². The minimum absolute atomic E-state index is 0.0171. The van der Waals surface area contributed by atoms with Crippen molar-refractivity contribution in [3.05, 3.63) is 46.8 Å². The summed E-state index contributed by atoms with van der Waals surface area (Å²) in [6.45, 7) is 0. The molecule has 1 aromatic carbocycles. The molecule has 2 amide bonds. The van der Waals surface area contributed by atoms with E-state index in [0.29, 0.717) is 29.9 Å². The molecule has 1 heterocycles. The van der Waals surface area contributed by atoms with Crippen LogP contribution in [0, 0.1) is 17.7 Å². The van der Waals surface area contributed by atoms with Crippen molar-refractivity contribution in [2.75, 3.05) is 5.32 Å². The van der Waals surface area contributed by atoms with E-state index in [9.17, 15) is 19.1 Å². The molecule has 31 heavy (non-hydrogen) atoms. The van der Waals surface area contributed by atoms with E-state index in [2.05, 4.69) is 15.6 Å². The number of aliphatic hydroxyl groups is 1. The number of anilines is 1. The maximum atomic E-state index is 13.4. The summed E-state index contributed by atoms with van der Waals surface area (Å²) < 4.78 is 15.1. The van der Waals surface area contributed by atoms with Gasteiger partial charge in [0.15, 0.2) is 0 Å². The van der Waals surface area contributed by atoms with Gasteiger partial charge in [0.25, 0.3) is 11.8 Å². The van der Waals surface area contributed by atoms with E-state index in [4.69, 9.17) is 11.6 Å². The van der Waals surface area contributed by atoms with E-state index in [1.807, 2.05) is 0 Å². The number of nitrogens with zero attached hydrogens (tertiary/aromatic N) is 2. The monoisotopic (exact) mass is 446 g/mol. The Hall–Kier alpha value is -2.45. The minimum atomic E-state index is -1.32. The maximum absolute atomic E-state index is 13.4. The zero-order valence-electron chi connectivity index (χ0n) is 17.1. The molecular formula is C22H24ClFN4O3. The number of hydrogen-bond acceptors (Lipinski definition) is 4. The summed E-state index contributed by atoms with van der Waals surface area (Å²) in [6, 6.07) is 4.21. The highest BCUT2D eigenvalue weighted by Gasteiger charge is 2.62. The molecule has 0 bridgehead atoms. The number of imidazole rings is 1. The molecule has 1 aromatic heterocycles. The van der Waals surface area contributed by atoms with Crippen LogP contribution in [0.1, 0.15) is 54.2 Å². The number of aromatic nitrogens is 2. The topological polar surface area (TPSA) is 96.2 Å². The molecule has 0 saturated heterocycles. The number of amides is 2. The molecule has 3 saturated carbocycles. The van der Waals surface area contributed by atoms with Gasteiger partial charge < -0.3 is 20.3 Å². The van der Waals surface area contributed by atoms with E-state index in [-0.39, 0.29) is 40.6 Å². The van der Waals surface area contributed by atoms with Gasteiger partial charge in [0.05, 0.1) is 17.0 Å². The third kappa shape index (κ3) is 3.51. The van der Waals surface area contributed by atoms with Crippen LogP contribution >= 0.6 is 11.6 Å². The van der Waals surface area contributed by atoms with Crippen LogP contribution in [-0.4, -0.2) is 38.1 Å². The molecule has 3 N–H and O–H groups in total. The van der Waals surface area contributed by atoms with E-state index in [0.717, 1.165) is 19.3 Å². The number of halogens is 2. The first kappa shape index (κ1) is 20.5. The normalized spacial score (nSPS) is 29.2. The van der Waals surface area contributed by atoms with Crippen molar-refractivity contribution < 1.29 is 19.1 Å². The number of rotatable bonds is 5. The van der Waals surface area contributed by atoms with E-state index >= 15 is 0 Å². The van der Waals surface area contributed by atoms with Crippen LogP contribution in [0.4, 0.5) is 10.1 Å². The molecule has 9 heteroatoms. The highest BCUT2D eigenvalue weighted by Crippen LogP contribution is 2.58. The molecule has 0 spiro atoms. The van der Waals surface area contributed by atoms with Gasteiger partial charge in [0.1, 0.15) is 17.1 Å². The summed E-state index contributed by atoms with van der Waals surface area (Å²) in [6.07, 6.45) is 5.39. The molecule has 5 rings (SSSR count). The van der Waals surface area contributed by atoms with Crippen LogP contribution in [0.5, 0.6) is 0 Å². The maximum Gasteiger partial charge on any atom is 0.274 e. The largest absolute Gasteiger partial charge is 0.380 e. The Balaban J connectivity index is 1.32. The molecule has 2 aromatic rings. The first-order valence-corrected chi connectivity index (χ1v) is 10.9. The van der Waals surface area contributed by atoms with Gasteiger partial charge in [-0.2, -0.15) is 0 Å². The van der Waals surface area contributed by atoms with Gasteiger partial charge in [0, 0.05) is 30.6 Å². The quantitative estimate of drug-likeness (QED) is 0.657. The summed E-state index contributed by atoms with van der Waals surface area (Å²) in [7, 11) is 1.74. The summed E-state index contributed by atoms with van der Waals surface area (Å²) in [5.41, 5.74) is 0.149. The summed E-state index contributed by atoms with van der Waals surface area (Å²) in [5.74, 6) is -1.07. The Kier molecular flexibility index (Phi) is 4.82. The molecule has 7 nitrogen and oxygen atoms in total. The van der Waals surface area contributed by atoms with Crippen LogP contribution in [0.2, 0.25) is 5.02 Å². The smallest absolute Gasteiger partial charge is 0.274 e. The van der Waals surface area contributed by atoms with Gasteiger partial charge >= 0.3 is 0 Å². The predicted molar refractivity (Wildman–Crippen MR) is 112 cm³/mol. The fourth-order valence-corrected chi connectivity index (χ4v) is 5.32. The van der Waals surface area contributed by atoms with Crippen molar-refractivity contribution >= 4 is 29.1 Å². The average molecular weight is 447 g/mol. The number of aryl methyl sites for hydroxylation is 1. The van der Waals surface area contributed by atoms with Crippen LogP contribution in [-0.2, 0) is 11.8 Å². The van der Waals surface area contributed by atoms with Gasteiger partial charge in [-0.15, -0.1) is 0 Å². The molecule has 4 atom stereocenters. The molecule has 4 unspecified atom stereocenters. The molecule has 0 radical (unpaired) electrons. The standard InChI is InChI=1S/C22H24ClFN4O3/c1-28-10-25-18(19(28)20(29)26-14-4-5-17(24)16(23)8-14)11-6-12-9-22(31,15(12)7-11)21(30)27-13-2-3-13/h4-5,8,10-13,15,31H,2-3,6-7,9H2,1H3,(H,26,29)(H,27,30). The van der Waals surface area contributed by atoms with Gasteiger partial charge in [-0.3, -0.25) is 9.59 Å². The number of fused-ring (bicyclic) bond motifs is 1. The number of benzene rings is 1. The predicted octanol–water partition coefficient (Wildman–Crippen LogP) is 2.99. The van der Waals surface area contributed by atoms with Crippen LogP contribution in [0.15, 0.2) is 24.5 Å². The third-order valence-electron chi connectivity index (χ3n) is 6.93. The van der Waals surface area contributed by atoms with E-state index in [1.54, 1.807) is 17.9 Å². The fourth-order valence-electron chi connectivity index (χ4n) is 5.14. The van der Waals surface area contributed by atoms with Crippen molar-refractivity contribution in [3.63, 3.8) is 0 Å². The molecule has 3 fully saturated rings. The van der Waals surface area contributed by atoms with Crippen LogP contribution in [0.25, 0.3) is 0 Å². The van der Waals surface area contributed by atoms with Gasteiger partial charge in [-0.05, 0) is 56.2 Å². The second-order valence-electron chi connectivity index (χ2n) is 9.08. The van der Waals surface area contributed by atoms with E-state index < -0.39 is 11.4 Å². The lowest BCUT2D eigenvalue weighted by molar-refractivity contribution is -0.169. The molecule has 3 aliphatic carbocycles. The lowest BCUT2D eigenvalue weighted by Gasteiger charge is -2.47. The first-order chi connectivity index (χ1) is 14.8. The van der Waals surface area contributed by atoms with Gasteiger partial charge in [-0.1, -0.05) is 11.6 Å². The van der Waals surface area contributed by atoms with Crippen molar-refractivity contribution in [2.45, 2.75) is 49.7 Å². The van der Waals surface area contributed by atoms with Crippen LogP contribution in [0.3, 0.4) is 0 Å². The van der Waals surface area contributed by atoms with Crippen molar-refractivity contribution in [1.29, 1.82) is 0 Å². The average Bonchev–Trinajstić information content (AvgIpc) is 3.34. The van der Waals surface area contributed by atoms with Gasteiger partial charge in [-0.25, -0.2) is 9.37 Å². The number of nitrogens with one attached hydrogen (secondary N) is 2. The Bertz CT molecular complexity index is 1070. The second kappa shape index (κ2) is 7.31. The lowest BCUT2D eigenvalue weighted by Crippen LogP contribution is -2.61. The van der Waals surface area contributed by atoms with Crippen molar-refractivity contribution in [1.82, 2.24) is 14.9 Å². The molecule has 3 aliphatic rings. The summed E-state index contributed by atoms with van der Waals surface area (Å²) >= 11 is 5.81. The highest BCUT2D eigenvalue weighted by molar-refractivity contribution is 6.31. The second-order valence-corrected chi connectivity index (χ2v) is 9.49. The Labute approximate surface area is 184 Å².